The molecule has 1 unspecified atom stereocenters. The van der Waals surface area contributed by atoms with E-state index in [1.54, 1.807) is 7.11 Å². The summed E-state index contributed by atoms with van der Waals surface area (Å²) < 4.78 is 12.2. The highest BCUT2D eigenvalue weighted by molar-refractivity contribution is 5.56. The van der Waals surface area contributed by atoms with Crippen LogP contribution in [0, 0.1) is 5.41 Å². The Bertz CT molecular complexity index is 1890. The minimum atomic E-state index is -0.0399. The summed E-state index contributed by atoms with van der Waals surface area (Å²) >= 11 is 0. The van der Waals surface area contributed by atoms with Crippen molar-refractivity contribution in [1.29, 1.82) is 0 Å². The van der Waals surface area contributed by atoms with E-state index in [1.807, 2.05) is 18.2 Å². The number of likely N-dealkylation sites (tertiary alicyclic amines) is 1. The van der Waals surface area contributed by atoms with Gasteiger partial charge in [-0.2, -0.15) is 0 Å². The summed E-state index contributed by atoms with van der Waals surface area (Å²) in [5.74, 6) is 1.99. The van der Waals surface area contributed by atoms with Crippen molar-refractivity contribution in [2.24, 2.45) is 5.41 Å². The molecule has 1 aliphatic rings. The average Bonchev–Trinajstić information content (AvgIpc) is 3.50. The van der Waals surface area contributed by atoms with Gasteiger partial charge in [-0.1, -0.05) is 147 Å². The molecule has 1 fully saturated rings. The van der Waals surface area contributed by atoms with Crippen LogP contribution in [0.15, 0.2) is 145 Å². The molecule has 3 nitrogen and oxygen atoms in total. The molecular weight excluding hydrogens is 623 g/mol. The molecule has 0 aliphatic carbocycles. The van der Waals surface area contributed by atoms with Gasteiger partial charge in [0.25, 0.3) is 0 Å². The lowest BCUT2D eigenvalue weighted by Crippen LogP contribution is -2.30. The minimum absolute atomic E-state index is 0.0399. The zero-order valence-corrected chi connectivity index (χ0v) is 30.9. The van der Waals surface area contributed by atoms with Gasteiger partial charge in [-0.15, -0.1) is 0 Å². The number of hydrogen-bond acceptors (Lipinski definition) is 3. The molecule has 0 bridgehead atoms. The van der Waals surface area contributed by atoms with Crippen LogP contribution in [0.5, 0.6) is 11.5 Å². The lowest BCUT2D eigenvalue weighted by Gasteiger charge is -2.34. The maximum absolute atomic E-state index is 6.24. The first kappa shape index (κ1) is 35.8. The summed E-state index contributed by atoms with van der Waals surface area (Å²) in [6.45, 7) is 9.44. The van der Waals surface area contributed by atoms with Gasteiger partial charge in [0.05, 0.1) is 7.11 Å². The van der Waals surface area contributed by atoms with Crippen molar-refractivity contribution >= 4 is 6.08 Å². The highest BCUT2D eigenvalue weighted by atomic mass is 16.5. The lowest BCUT2D eigenvalue weighted by molar-refractivity contribution is 0.283. The van der Waals surface area contributed by atoms with Crippen LogP contribution in [-0.4, -0.2) is 25.1 Å². The van der Waals surface area contributed by atoms with Crippen molar-refractivity contribution in [3.8, 4) is 11.5 Å². The van der Waals surface area contributed by atoms with Gasteiger partial charge in [0, 0.05) is 24.2 Å². The summed E-state index contributed by atoms with van der Waals surface area (Å²) in [6, 6.07) is 45.6. The van der Waals surface area contributed by atoms with Crippen molar-refractivity contribution < 1.29 is 9.47 Å². The Balaban J connectivity index is 1.28. The summed E-state index contributed by atoms with van der Waals surface area (Å²) in [5, 5.41) is 0. The van der Waals surface area contributed by atoms with Crippen LogP contribution >= 0.6 is 0 Å². The van der Waals surface area contributed by atoms with Gasteiger partial charge in [-0.3, -0.25) is 0 Å². The van der Waals surface area contributed by atoms with Crippen molar-refractivity contribution in [3.05, 3.63) is 184 Å². The molecule has 5 aromatic carbocycles. The minimum Gasteiger partial charge on any atom is -0.493 e. The van der Waals surface area contributed by atoms with Crippen LogP contribution in [0.2, 0.25) is 0 Å². The number of methoxy groups -OCH3 is 1. The van der Waals surface area contributed by atoms with E-state index >= 15 is 0 Å². The smallest absolute Gasteiger partial charge is 0.161 e. The Morgan fingerprint density at radius 3 is 1.98 bits per heavy atom. The number of benzene rings is 5. The topological polar surface area (TPSA) is 21.7 Å². The van der Waals surface area contributed by atoms with Crippen molar-refractivity contribution in [2.75, 3.05) is 20.2 Å². The van der Waals surface area contributed by atoms with E-state index in [2.05, 4.69) is 153 Å². The fourth-order valence-electron chi connectivity index (χ4n) is 7.76. The summed E-state index contributed by atoms with van der Waals surface area (Å²) in [5.41, 5.74) is 10.7. The second-order valence-electron chi connectivity index (χ2n) is 14.2. The Morgan fingerprint density at radius 1 is 0.706 bits per heavy atom. The largest absolute Gasteiger partial charge is 0.493 e. The molecule has 0 amide bonds. The average molecular weight is 676 g/mol. The number of nitrogens with zero attached hydrogens (tertiary/aromatic N) is 1. The second-order valence-corrected chi connectivity index (χ2v) is 14.2. The molecule has 3 heteroatoms. The molecule has 1 atom stereocenters. The predicted octanol–water partition coefficient (Wildman–Crippen LogP) is 11.3. The Kier molecular flexibility index (Phi) is 12.1. The molecule has 1 saturated heterocycles. The number of allylic oxidation sites excluding steroid dienone is 3. The molecule has 1 heterocycles. The van der Waals surface area contributed by atoms with Gasteiger partial charge < -0.3 is 14.4 Å². The van der Waals surface area contributed by atoms with E-state index in [-0.39, 0.29) is 5.41 Å². The Morgan fingerprint density at radius 2 is 1.33 bits per heavy atom. The number of hydrogen-bond donors (Lipinski definition) is 0. The van der Waals surface area contributed by atoms with E-state index in [4.69, 9.17) is 9.47 Å². The van der Waals surface area contributed by atoms with E-state index in [0.717, 1.165) is 62.3 Å². The molecule has 262 valence electrons. The zero-order valence-electron chi connectivity index (χ0n) is 30.9. The van der Waals surface area contributed by atoms with Crippen LogP contribution in [0.1, 0.15) is 72.1 Å². The van der Waals surface area contributed by atoms with Gasteiger partial charge in [0.1, 0.15) is 6.61 Å². The highest BCUT2D eigenvalue weighted by Gasteiger charge is 2.42. The van der Waals surface area contributed by atoms with Crippen molar-refractivity contribution in [1.82, 2.24) is 4.90 Å². The molecule has 6 rings (SSSR count). The molecule has 0 radical (unpaired) electrons. The van der Waals surface area contributed by atoms with Gasteiger partial charge in [-0.05, 0) is 96.0 Å². The van der Waals surface area contributed by atoms with E-state index in [1.165, 1.54) is 39.1 Å². The SMILES string of the molecule is C/C=C1/N(CCc2ccccc2)CCC1(Cc1ccc(OCc2ccccc2)c(OC)c1)Cc1ccc(/C=C\Cc2ccccc2)c(C(C)C)c1. The quantitative estimate of drug-likeness (QED) is 0.110. The molecule has 0 N–H and O–H groups in total. The molecule has 0 spiro atoms. The third kappa shape index (κ3) is 9.21. The first-order chi connectivity index (χ1) is 25.0. The second kappa shape index (κ2) is 17.3. The molecule has 0 aromatic heterocycles. The first-order valence-electron chi connectivity index (χ1n) is 18.6. The van der Waals surface area contributed by atoms with E-state index in [9.17, 15) is 0 Å². The molecular formula is C48H53NO2. The van der Waals surface area contributed by atoms with E-state index < -0.39 is 0 Å². The third-order valence-electron chi connectivity index (χ3n) is 10.3. The van der Waals surface area contributed by atoms with Crippen LogP contribution < -0.4 is 9.47 Å². The number of rotatable bonds is 15. The molecule has 1 aliphatic heterocycles. The first-order valence-corrected chi connectivity index (χ1v) is 18.6. The Hall–Kier alpha value is -5.02. The maximum Gasteiger partial charge on any atom is 0.161 e. The normalized spacial score (nSPS) is 16.7. The predicted molar refractivity (Wildman–Crippen MR) is 213 cm³/mol. The Labute approximate surface area is 306 Å². The maximum atomic E-state index is 6.24. The third-order valence-corrected chi connectivity index (χ3v) is 10.3. The van der Waals surface area contributed by atoms with Gasteiger partial charge in [0.15, 0.2) is 11.5 Å². The lowest BCUT2D eigenvalue weighted by atomic mass is 9.73. The summed E-state index contributed by atoms with van der Waals surface area (Å²) in [7, 11) is 1.74. The van der Waals surface area contributed by atoms with Crippen LogP contribution in [0.3, 0.4) is 0 Å². The van der Waals surface area contributed by atoms with Crippen molar-refractivity contribution in [3.63, 3.8) is 0 Å². The summed E-state index contributed by atoms with van der Waals surface area (Å²) in [6.07, 6.45) is 12.0. The molecule has 0 saturated carbocycles. The fourth-order valence-corrected chi connectivity index (χ4v) is 7.76. The monoisotopic (exact) mass is 675 g/mol. The highest BCUT2D eigenvalue weighted by Crippen LogP contribution is 2.47. The van der Waals surface area contributed by atoms with Gasteiger partial charge in [0.2, 0.25) is 0 Å². The van der Waals surface area contributed by atoms with Crippen molar-refractivity contribution in [2.45, 2.75) is 65.4 Å². The van der Waals surface area contributed by atoms with Gasteiger partial charge >= 0.3 is 0 Å². The molecule has 5 aromatic rings. The summed E-state index contributed by atoms with van der Waals surface area (Å²) in [4.78, 5) is 2.64. The standard InChI is InChI=1S/C48H53NO2/c1-5-47-48(29-31-49(47)30-28-39-18-11-7-12-19-39,35-42-25-27-45(46(33-42)50-4)51-36-40-20-13-8-14-21-40)34-41-24-26-43(44(32-41)37(2)3)23-15-22-38-16-9-6-10-17-38/h5-21,23-27,32-33,37H,22,28-31,34-36H2,1-4H3/b23-15-,47-5+. The van der Waals surface area contributed by atoms with Crippen LogP contribution in [0.4, 0.5) is 0 Å². The number of ether oxygens (including phenoxy) is 2. The fraction of sp³-hybridized carbons (Fsp3) is 0.292. The van der Waals surface area contributed by atoms with Gasteiger partial charge in [-0.25, -0.2) is 0 Å². The van der Waals surface area contributed by atoms with Crippen LogP contribution in [0.25, 0.3) is 6.08 Å². The molecule has 51 heavy (non-hydrogen) atoms. The van der Waals surface area contributed by atoms with Crippen LogP contribution in [-0.2, 0) is 32.3 Å². The zero-order chi connectivity index (χ0) is 35.5. The van der Waals surface area contributed by atoms with E-state index in [0.29, 0.717) is 12.5 Å².